The maximum atomic E-state index is 11.3. The lowest BCUT2D eigenvalue weighted by Gasteiger charge is -2.17. The van der Waals surface area contributed by atoms with Gasteiger partial charge in [-0.25, -0.2) is 4.68 Å². The zero-order valence-corrected chi connectivity index (χ0v) is 13.7. The first kappa shape index (κ1) is 16.4. The van der Waals surface area contributed by atoms with Gasteiger partial charge in [-0.05, 0) is 34.9 Å². The molecule has 1 unspecified atom stereocenters. The third-order valence-electron chi connectivity index (χ3n) is 4.06. The lowest BCUT2D eigenvalue weighted by Crippen LogP contribution is -2.08. The Morgan fingerprint density at radius 1 is 1.25 bits per heavy atom. The summed E-state index contributed by atoms with van der Waals surface area (Å²) in [4.78, 5) is 11.3. The Labute approximate surface area is 143 Å². The van der Waals surface area contributed by atoms with Crippen LogP contribution in [0.1, 0.15) is 29.0 Å². The van der Waals surface area contributed by atoms with Crippen molar-refractivity contribution in [2.24, 2.45) is 7.05 Å². The van der Waals surface area contributed by atoms with Gasteiger partial charge in [0, 0.05) is 18.0 Å². The molecule has 24 heavy (non-hydrogen) atoms. The minimum Gasteiger partial charge on any atom is -0.481 e. The second-order valence-electron chi connectivity index (χ2n) is 5.62. The highest BCUT2D eigenvalue weighted by Gasteiger charge is 2.20. The van der Waals surface area contributed by atoms with Crippen molar-refractivity contribution in [1.29, 1.82) is 0 Å². The van der Waals surface area contributed by atoms with E-state index in [0.717, 1.165) is 16.6 Å². The molecule has 0 fully saturated rings. The highest BCUT2D eigenvalue weighted by Crippen LogP contribution is 2.32. The highest BCUT2D eigenvalue weighted by molar-refractivity contribution is 6.31. The largest absolute Gasteiger partial charge is 0.481 e. The fourth-order valence-electron chi connectivity index (χ4n) is 2.81. The van der Waals surface area contributed by atoms with Gasteiger partial charge in [0.15, 0.2) is 0 Å². The van der Waals surface area contributed by atoms with Crippen molar-refractivity contribution >= 4 is 28.6 Å². The average molecular weight is 346 g/mol. The molecular formula is C17H16ClN3O3. The number of carboxylic acids is 1. The van der Waals surface area contributed by atoms with E-state index in [1.165, 1.54) is 0 Å². The van der Waals surface area contributed by atoms with Crippen LogP contribution in [0, 0.1) is 0 Å². The fraction of sp³-hybridized carbons (Fsp3) is 0.235. The number of hydrogen-bond acceptors (Lipinski definition) is 4. The summed E-state index contributed by atoms with van der Waals surface area (Å²) in [5, 5.41) is 27.2. The number of aliphatic hydroxyl groups is 1. The third kappa shape index (κ3) is 3.11. The van der Waals surface area contributed by atoms with Crippen LogP contribution >= 0.6 is 11.6 Å². The van der Waals surface area contributed by atoms with Crippen LogP contribution in [0.4, 0.5) is 0 Å². The summed E-state index contributed by atoms with van der Waals surface area (Å²) in [5.41, 5.74) is 3.78. The predicted molar refractivity (Wildman–Crippen MR) is 90.0 cm³/mol. The molecule has 0 aliphatic heterocycles. The smallest absolute Gasteiger partial charge is 0.304 e. The summed E-state index contributed by atoms with van der Waals surface area (Å²) < 4.78 is 1.66. The van der Waals surface area contributed by atoms with Crippen molar-refractivity contribution in [3.63, 3.8) is 0 Å². The van der Waals surface area contributed by atoms with Gasteiger partial charge in [-0.3, -0.25) is 4.79 Å². The van der Waals surface area contributed by atoms with Gasteiger partial charge in [0.25, 0.3) is 0 Å². The van der Waals surface area contributed by atoms with Crippen molar-refractivity contribution in [2.45, 2.75) is 18.9 Å². The van der Waals surface area contributed by atoms with Crippen molar-refractivity contribution in [3.8, 4) is 0 Å². The van der Waals surface area contributed by atoms with E-state index >= 15 is 0 Å². The Kier molecular flexibility index (Phi) is 4.51. The highest BCUT2D eigenvalue weighted by atomic mass is 35.5. The van der Waals surface area contributed by atoms with Gasteiger partial charge in [0.1, 0.15) is 5.52 Å². The van der Waals surface area contributed by atoms with Gasteiger partial charge >= 0.3 is 5.97 Å². The molecule has 124 valence electrons. The van der Waals surface area contributed by atoms with E-state index in [1.807, 2.05) is 18.2 Å². The third-order valence-corrected chi connectivity index (χ3v) is 4.43. The molecule has 6 nitrogen and oxygen atoms in total. The normalized spacial score (nSPS) is 12.5. The van der Waals surface area contributed by atoms with Crippen LogP contribution in [0.15, 0.2) is 36.4 Å². The molecule has 0 amide bonds. The van der Waals surface area contributed by atoms with E-state index in [0.29, 0.717) is 16.1 Å². The van der Waals surface area contributed by atoms with E-state index in [9.17, 15) is 15.0 Å². The Balaban J connectivity index is 2.09. The molecule has 2 N–H and O–H groups in total. The molecular weight excluding hydrogens is 330 g/mol. The summed E-state index contributed by atoms with van der Waals surface area (Å²) in [6.07, 6.45) is -0.0712. The van der Waals surface area contributed by atoms with Gasteiger partial charge in [-0.1, -0.05) is 35.0 Å². The molecule has 7 heteroatoms. The number of aromatic nitrogens is 3. The summed E-state index contributed by atoms with van der Waals surface area (Å²) >= 11 is 6.04. The summed E-state index contributed by atoms with van der Waals surface area (Å²) in [5.74, 6) is -1.27. The number of carbonyl (C=O) groups is 1. The van der Waals surface area contributed by atoms with E-state index in [2.05, 4.69) is 10.3 Å². The summed E-state index contributed by atoms with van der Waals surface area (Å²) in [6, 6.07) is 10.8. The van der Waals surface area contributed by atoms with E-state index in [1.54, 1.807) is 29.9 Å². The Morgan fingerprint density at radius 3 is 2.67 bits per heavy atom. The molecule has 1 atom stereocenters. The molecule has 3 aromatic rings. The second-order valence-corrected chi connectivity index (χ2v) is 6.03. The van der Waals surface area contributed by atoms with E-state index in [4.69, 9.17) is 11.6 Å². The zero-order valence-electron chi connectivity index (χ0n) is 13.0. The van der Waals surface area contributed by atoms with Gasteiger partial charge in [0.05, 0.1) is 18.5 Å². The number of aryl methyl sites for hydroxylation is 1. The molecule has 2 aromatic carbocycles. The number of carboxylic acid groups (broad SMARTS) is 1. The number of benzene rings is 2. The fourth-order valence-corrected chi connectivity index (χ4v) is 2.99. The van der Waals surface area contributed by atoms with Gasteiger partial charge in [-0.15, -0.1) is 5.10 Å². The number of aliphatic carboxylic acids is 1. The van der Waals surface area contributed by atoms with Crippen molar-refractivity contribution in [3.05, 3.63) is 58.1 Å². The van der Waals surface area contributed by atoms with E-state index < -0.39 is 5.97 Å². The topological polar surface area (TPSA) is 88.2 Å². The number of nitrogens with zero attached hydrogens (tertiary/aromatic N) is 3. The molecule has 1 heterocycles. The minimum atomic E-state index is -0.903. The number of aliphatic hydroxyl groups excluding tert-OH is 1. The quantitative estimate of drug-likeness (QED) is 0.742. The first-order valence-corrected chi connectivity index (χ1v) is 7.77. The monoisotopic (exact) mass is 345 g/mol. The van der Waals surface area contributed by atoms with Crippen molar-refractivity contribution in [1.82, 2.24) is 15.0 Å². The Hall–Kier alpha value is -2.44. The predicted octanol–water partition coefficient (Wildman–Crippen LogP) is 2.72. The molecule has 0 saturated carbocycles. The van der Waals surface area contributed by atoms with Gasteiger partial charge in [0.2, 0.25) is 0 Å². The maximum Gasteiger partial charge on any atom is 0.304 e. The SMILES string of the molecule is Cn1nnc2cc(C(CC(=O)O)c3ccc(Cl)c(CO)c3)ccc21. The molecule has 3 rings (SSSR count). The molecule has 0 aliphatic rings. The van der Waals surface area contributed by atoms with Crippen LogP contribution in [-0.2, 0) is 18.4 Å². The second kappa shape index (κ2) is 6.59. The molecule has 1 aromatic heterocycles. The molecule has 0 saturated heterocycles. The van der Waals surface area contributed by atoms with Crippen LogP contribution in [0.5, 0.6) is 0 Å². The van der Waals surface area contributed by atoms with Crippen LogP contribution in [0.2, 0.25) is 5.02 Å². The first-order valence-electron chi connectivity index (χ1n) is 7.40. The van der Waals surface area contributed by atoms with Crippen LogP contribution in [0.3, 0.4) is 0 Å². The molecule has 0 aliphatic carbocycles. The van der Waals surface area contributed by atoms with Gasteiger partial charge < -0.3 is 10.2 Å². The van der Waals surface area contributed by atoms with Crippen LogP contribution in [-0.4, -0.2) is 31.2 Å². The van der Waals surface area contributed by atoms with Crippen LogP contribution in [0.25, 0.3) is 11.0 Å². The molecule has 0 bridgehead atoms. The number of halogens is 1. The first-order chi connectivity index (χ1) is 11.5. The zero-order chi connectivity index (χ0) is 17.3. The standard InChI is InChI=1S/C17H16ClN3O3/c1-21-16-5-3-11(7-15(16)19-20-21)13(8-17(23)24)10-2-4-14(18)12(6-10)9-22/h2-7,13,22H,8-9H2,1H3,(H,23,24). The molecule has 0 spiro atoms. The lowest BCUT2D eigenvalue weighted by atomic mass is 9.87. The van der Waals surface area contributed by atoms with Gasteiger partial charge in [-0.2, -0.15) is 0 Å². The maximum absolute atomic E-state index is 11.3. The number of hydrogen-bond donors (Lipinski definition) is 2. The van der Waals surface area contributed by atoms with Crippen LogP contribution < -0.4 is 0 Å². The Bertz CT molecular complexity index is 907. The number of fused-ring (bicyclic) bond motifs is 1. The summed E-state index contributed by atoms with van der Waals surface area (Å²) in [6.45, 7) is -0.199. The Morgan fingerprint density at radius 2 is 1.96 bits per heavy atom. The average Bonchev–Trinajstić information content (AvgIpc) is 2.94. The lowest BCUT2D eigenvalue weighted by molar-refractivity contribution is -0.137. The number of rotatable bonds is 5. The van der Waals surface area contributed by atoms with Crippen molar-refractivity contribution in [2.75, 3.05) is 0 Å². The van der Waals surface area contributed by atoms with Crippen molar-refractivity contribution < 1.29 is 15.0 Å². The molecule has 0 radical (unpaired) electrons. The van der Waals surface area contributed by atoms with E-state index in [-0.39, 0.29) is 18.9 Å². The minimum absolute atomic E-state index is 0.0712. The summed E-state index contributed by atoms with van der Waals surface area (Å²) in [7, 11) is 1.80.